The van der Waals surface area contributed by atoms with Crippen molar-refractivity contribution in [3.63, 3.8) is 0 Å². The zero-order chi connectivity index (χ0) is 24.4. The number of aromatic amines is 1. The van der Waals surface area contributed by atoms with E-state index in [0.717, 1.165) is 17.4 Å². The number of nitrogens with one attached hydrogen (secondary N) is 1. The van der Waals surface area contributed by atoms with Crippen LogP contribution in [0, 0.1) is 24.6 Å². The van der Waals surface area contributed by atoms with Crippen LogP contribution in [0.2, 0.25) is 0 Å². The number of aliphatic hydroxyl groups is 1. The molecule has 0 spiro atoms. The molecule has 12 heteroatoms. The minimum absolute atomic E-state index is 0.0416. The van der Waals surface area contributed by atoms with E-state index in [9.17, 15) is 19.4 Å². The Labute approximate surface area is 198 Å². The molecule has 0 radical (unpaired) electrons. The summed E-state index contributed by atoms with van der Waals surface area (Å²) in [4.78, 5) is 35.2. The average Bonchev–Trinajstić information content (AvgIpc) is 3.36. The van der Waals surface area contributed by atoms with Gasteiger partial charge in [-0.1, -0.05) is 0 Å². The molecule has 2 aliphatic rings. The Bertz CT molecular complexity index is 1470. The summed E-state index contributed by atoms with van der Waals surface area (Å²) in [6.07, 6.45) is 2.19. The topological polar surface area (TPSA) is 141 Å². The van der Waals surface area contributed by atoms with Crippen LogP contribution in [0.25, 0.3) is 21.9 Å². The smallest absolute Gasteiger partial charge is 0.411 e. The van der Waals surface area contributed by atoms with Gasteiger partial charge in [-0.3, -0.25) is 4.90 Å². The van der Waals surface area contributed by atoms with Gasteiger partial charge < -0.3 is 24.8 Å². The molecular weight excluding hydrogens is 457 g/mol. The van der Waals surface area contributed by atoms with Gasteiger partial charge in [0.05, 0.1) is 35.1 Å². The van der Waals surface area contributed by atoms with Crippen molar-refractivity contribution in [2.45, 2.75) is 19.4 Å². The summed E-state index contributed by atoms with van der Waals surface area (Å²) in [6.45, 7) is 3.04. The highest BCUT2D eigenvalue weighted by molar-refractivity contribution is 6.16. The van der Waals surface area contributed by atoms with E-state index in [0.29, 0.717) is 58.3 Å². The quantitative estimate of drug-likeness (QED) is 0.403. The number of ether oxygens (including phenoxy) is 1. The van der Waals surface area contributed by atoms with Crippen LogP contribution in [0.5, 0.6) is 11.8 Å². The number of hydrogen-bond acceptors (Lipinski definition) is 8. The molecule has 4 heterocycles. The number of H-pyrrole nitrogens is 1. The van der Waals surface area contributed by atoms with Crippen LogP contribution in [0.4, 0.5) is 20.7 Å². The zero-order valence-electron chi connectivity index (χ0n) is 18.9. The lowest BCUT2D eigenvalue weighted by atomic mass is 9.74. The Morgan fingerprint density at radius 2 is 2.03 bits per heavy atom. The number of anilines is 2. The number of aromatic nitrogens is 5. The summed E-state index contributed by atoms with van der Waals surface area (Å²) in [5.74, 6) is 1.38. The summed E-state index contributed by atoms with van der Waals surface area (Å²) >= 11 is 0. The fourth-order valence-corrected chi connectivity index (χ4v) is 5.03. The van der Waals surface area contributed by atoms with Gasteiger partial charge in [-0.25, -0.2) is 19.2 Å². The minimum Gasteiger partial charge on any atom is -0.465 e. The Kier molecular flexibility index (Phi) is 4.74. The maximum absolute atomic E-state index is 14.7. The third-order valence-corrected chi connectivity index (χ3v) is 6.91. The molecule has 4 aromatic rings. The van der Waals surface area contributed by atoms with E-state index in [1.807, 2.05) is 4.90 Å². The highest BCUT2D eigenvalue weighted by Crippen LogP contribution is 2.45. The highest BCUT2D eigenvalue weighted by atomic mass is 19.1. The molecule has 3 aromatic heterocycles. The normalized spacial score (nSPS) is 21.3. The number of carbonyl (C=O) groups is 1. The van der Waals surface area contributed by atoms with Crippen LogP contribution in [0.1, 0.15) is 12.2 Å². The van der Waals surface area contributed by atoms with Gasteiger partial charge in [-0.15, -0.1) is 0 Å². The molecule has 3 atom stereocenters. The van der Waals surface area contributed by atoms with Crippen molar-refractivity contribution < 1.29 is 24.1 Å². The van der Waals surface area contributed by atoms with Gasteiger partial charge in [0.25, 0.3) is 0 Å². The monoisotopic (exact) mass is 479 g/mol. The molecule has 3 unspecified atom stereocenters. The van der Waals surface area contributed by atoms with Gasteiger partial charge in [-0.2, -0.15) is 9.97 Å². The van der Waals surface area contributed by atoms with Crippen LogP contribution < -0.4 is 14.5 Å². The summed E-state index contributed by atoms with van der Waals surface area (Å²) in [7, 11) is 1.35. The van der Waals surface area contributed by atoms with Gasteiger partial charge in [0.15, 0.2) is 5.75 Å². The van der Waals surface area contributed by atoms with Gasteiger partial charge in [0, 0.05) is 31.4 Å². The van der Waals surface area contributed by atoms with Gasteiger partial charge in [0.2, 0.25) is 0 Å². The van der Waals surface area contributed by atoms with Crippen LogP contribution >= 0.6 is 0 Å². The largest absolute Gasteiger partial charge is 0.465 e. The molecule has 0 bridgehead atoms. The molecule has 1 amide bonds. The Hall–Kier alpha value is -4.06. The van der Waals surface area contributed by atoms with E-state index >= 15 is 0 Å². The predicted octanol–water partition coefficient (Wildman–Crippen LogP) is 3.07. The first-order chi connectivity index (χ1) is 16.8. The molecule has 1 aliphatic carbocycles. The molecule has 1 saturated carbocycles. The molecule has 1 aromatic carbocycles. The van der Waals surface area contributed by atoms with Crippen molar-refractivity contribution in [2.24, 2.45) is 11.8 Å². The summed E-state index contributed by atoms with van der Waals surface area (Å²) in [5, 5.41) is 20.7. The van der Waals surface area contributed by atoms with Crippen LogP contribution in [-0.2, 0) is 0 Å². The third kappa shape index (κ3) is 3.48. The van der Waals surface area contributed by atoms with E-state index in [1.165, 1.54) is 25.5 Å². The average molecular weight is 479 g/mol. The fraction of sp³-hybridized carbons (Fsp3) is 0.348. The summed E-state index contributed by atoms with van der Waals surface area (Å²) in [5.41, 5.74) is 0.945. The standard InChI is InChI=1S/C23H22FN7O4/c1-10-25-6-13(7-26-10)35-22-28-20-18(21(29-22)31-8-11-3-17(32)15(11)9-31)14-4-12(24)5-16(19(14)27-20)30(2)23(33)34/h4-7,11,15,17,32H,3,8-9H2,1-2H3,(H,33,34)(H,27,28,29). The minimum atomic E-state index is -1.23. The fourth-order valence-electron chi connectivity index (χ4n) is 5.03. The van der Waals surface area contributed by atoms with Crippen LogP contribution in [0.15, 0.2) is 24.5 Å². The van der Waals surface area contributed by atoms with Gasteiger partial charge >= 0.3 is 12.1 Å². The zero-order valence-corrected chi connectivity index (χ0v) is 18.9. The SMILES string of the molecule is Cc1ncc(Oc2nc(N3CC4CC(O)C4C3)c3c(n2)[nH]c2c(N(C)C(=O)O)cc(F)cc23)cn1. The summed E-state index contributed by atoms with van der Waals surface area (Å²) in [6, 6.07) is 2.54. The Morgan fingerprint density at radius 3 is 2.71 bits per heavy atom. The lowest BCUT2D eigenvalue weighted by molar-refractivity contribution is -0.00399. The molecule has 2 fully saturated rings. The Morgan fingerprint density at radius 1 is 1.26 bits per heavy atom. The van der Waals surface area contributed by atoms with Crippen LogP contribution in [0.3, 0.4) is 0 Å². The maximum Gasteiger partial charge on any atom is 0.411 e. The number of fused-ring (bicyclic) bond motifs is 4. The van der Waals surface area contributed by atoms with Crippen molar-refractivity contribution in [2.75, 3.05) is 29.9 Å². The molecule has 6 rings (SSSR count). The number of carboxylic acid groups (broad SMARTS) is 1. The summed E-state index contributed by atoms with van der Waals surface area (Å²) < 4.78 is 20.5. The molecule has 11 nitrogen and oxygen atoms in total. The molecule has 35 heavy (non-hydrogen) atoms. The lowest BCUT2D eigenvalue weighted by Gasteiger charge is -2.34. The highest BCUT2D eigenvalue weighted by Gasteiger charge is 2.47. The third-order valence-electron chi connectivity index (χ3n) is 6.91. The van der Waals surface area contributed by atoms with E-state index in [-0.39, 0.29) is 23.7 Å². The van der Waals surface area contributed by atoms with Crippen LogP contribution in [-0.4, -0.2) is 67.5 Å². The second kappa shape index (κ2) is 7.73. The first-order valence-electron chi connectivity index (χ1n) is 11.2. The number of nitrogens with zero attached hydrogens (tertiary/aromatic N) is 6. The van der Waals surface area contributed by atoms with Crippen molar-refractivity contribution in [3.05, 3.63) is 36.2 Å². The number of amides is 1. The number of benzene rings is 1. The number of aryl methyl sites for hydroxylation is 1. The molecule has 3 N–H and O–H groups in total. The maximum atomic E-state index is 14.7. The first kappa shape index (κ1) is 21.5. The Balaban J connectivity index is 1.54. The van der Waals surface area contributed by atoms with Crippen molar-refractivity contribution >= 4 is 39.5 Å². The molecule has 180 valence electrons. The lowest BCUT2D eigenvalue weighted by Crippen LogP contribution is -2.39. The van der Waals surface area contributed by atoms with E-state index < -0.39 is 11.9 Å². The number of halogens is 1. The number of aliphatic hydroxyl groups excluding tert-OH is 1. The van der Waals surface area contributed by atoms with E-state index in [1.54, 1.807) is 6.92 Å². The first-order valence-corrected chi connectivity index (χ1v) is 11.2. The predicted molar refractivity (Wildman–Crippen MR) is 124 cm³/mol. The molecule has 1 aliphatic heterocycles. The number of hydrogen-bond donors (Lipinski definition) is 3. The molecular formula is C23H22FN7O4. The van der Waals surface area contributed by atoms with Gasteiger partial charge in [0.1, 0.15) is 23.1 Å². The van der Waals surface area contributed by atoms with Gasteiger partial charge in [-0.05, 0) is 31.4 Å². The van der Waals surface area contributed by atoms with Crippen molar-refractivity contribution in [3.8, 4) is 11.8 Å². The second-order valence-electron chi connectivity index (χ2n) is 9.07. The van der Waals surface area contributed by atoms with E-state index in [2.05, 4.69) is 24.9 Å². The van der Waals surface area contributed by atoms with Crippen molar-refractivity contribution in [1.82, 2.24) is 24.9 Å². The van der Waals surface area contributed by atoms with Crippen molar-refractivity contribution in [1.29, 1.82) is 0 Å². The molecule has 1 saturated heterocycles. The van der Waals surface area contributed by atoms with E-state index in [4.69, 9.17) is 4.74 Å². The number of rotatable bonds is 4. The second-order valence-corrected chi connectivity index (χ2v) is 9.07.